The van der Waals surface area contributed by atoms with E-state index in [1.165, 1.54) is 22.5 Å². The molecule has 0 fully saturated rings. The summed E-state index contributed by atoms with van der Waals surface area (Å²) >= 11 is 0. The Balaban J connectivity index is 2.18. The quantitative estimate of drug-likeness (QED) is 0.773. The largest absolute Gasteiger partial charge is 0.337 e. The Hall–Kier alpha value is -2.03. The third kappa shape index (κ3) is 1.69. The van der Waals surface area contributed by atoms with Gasteiger partial charge in [-0.05, 0) is 50.1 Å². The molecule has 1 aliphatic heterocycles. The normalized spacial score (nSPS) is 17.8. The lowest BCUT2D eigenvalue weighted by Gasteiger charge is -2.29. The van der Waals surface area contributed by atoms with Gasteiger partial charge in [0.25, 0.3) is 0 Å². The van der Waals surface area contributed by atoms with Crippen LogP contribution in [0.4, 0.5) is 17.2 Å². The van der Waals surface area contributed by atoms with Gasteiger partial charge in [0.15, 0.2) is 5.82 Å². The van der Waals surface area contributed by atoms with E-state index < -0.39 is 0 Å². The highest BCUT2D eigenvalue weighted by molar-refractivity contribution is 5.81. The van der Waals surface area contributed by atoms with Crippen molar-refractivity contribution in [2.75, 3.05) is 16.8 Å². The van der Waals surface area contributed by atoms with Crippen LogP contribution in [0.25, 0.3) is 0 Å². The van der Waals surface area contributed by atoms with E-state index in [-0.39, 0.29) is 6.17 Å². The zero-order chi connectivity index (χ0) is 13.6. The van der Waals surface area contributed by atoms with Crippen molar-refractivity contribution in [2.24, 2.45) is 0 Å². The maximum atomic E-state index is 4.50. The third-order valence-corrected chi connectivity index (χ3v) is 4.13. The van der Waals surface area contributed by atoms with Crippen molar-refractivity contribution in [1.82, 2.24) is 4.98 Å². The minimum absolute atomic E-state index is 0.283. The molecule has 3 rings (SSSR count). The number of hydrogen-bond donors (Lipinski definition) is 0. The smallest absolute Gasteiger partial charge is 0.153 e. The summed E-state index contributed by atoms with van der Waals surface area (Å²) in [7, 11) is 2.10. The maximum absolute atomic E-state index is 4.50. The van der Waals surface area contributed by atoms with Gasteiger partial charge in [0.2, 0.25) is 0 Å². The summed E-state index contributed by atoms with van der Waals surface area (Å²) in [6.07, 6.45) is 2.14. The predicted octanol–water partition coefficient (Wildman–Crippen LogP) is 3.63. The van der Waals surface area contributed by atoms with Gasteiger partial charge in [0, 0.05) is 18.9 Å². The maximum Gasteiger partial charge on any atom is 0.153 e. The highest BCUT2D eigenvalue weighted by Crippen LogP contribution is 2.42. The summed E-state index contributed by atoms with van der Waals surface area (Å²) in [6, 6.07) is 10.6. The van der Waals surface area contributed by atoms with Crippen LogP contribution in [-0.4, -0.2) is 18.2 Å². The van der Waals surface area contributed by atoms with E-state index in [1.807, 2.05) is 12.3 Å². The minimum atomic E-state index is 0.283. The average Bonchev–Trinajstić information content (AvgIpc) is 2.67. The van der Waals surface area contributed by atoms with Gasteiger partial charge >= 0.3 is 0 Å². The van der Waals surface area contributed by atoms with Crippen LogP contribution in [0.3, 0.4) is 0 Å². The van der Waals surface area contributed by atoms with E-state index in [4.69, 9.17) is 0 Å². The Labute approximate surface area is 114 Å². The number of benzene rings is 1. The number of nitrogens with zero attached hydrogens (tertiary/aromatic N) is 3. The van der Waals surface area contributed by atoms with Crippen molar-refractivity contribution in [3.05, 3.63) is 47.7 Å². The zero-order valence-electron chi connectivity index (χ0n) is 11.9. The van der Waals surface area contributed by atoms with Crippen LogP contribution in [0.2, 0.25) is 0 Å². The molecule has 1 atom stereocenters. The number of aromatic nitrogens is 1. The van der Waals surface area contributed by atoms with Crippen molar-refractivity contribution in [3.63, 3.8) is 0 Å². The van der Waals surface area contributed by atoms with Crippen LogP contribution >= 0.6 is 0 Å². The number of aryl methyl sites for hydroxylation is 1. The van der Waals surface area contributed by atoms with Gasteiger partial charge in [0.05, 0.1) is 5.69 Å². The molecule has 3 heteroatoms. The second kappa shape index (κ2) is 4.26. The topological polar surface area (TPSA) is 19.4 Å². The third-order valence-electron chi connectivity index (χ3n) is 4.13. The van der Waals surface area contributed by atoms with Crippen molar-refractivity contribution < 1.29 is 0 Å². The Morgan fingerprint density at radius 1 is 1.05 bits per heavy atom. The zero-order valence-corrected chi connectivity index (χ0v) is 11.9. The molecular formula is C16H19N3. The summed E-state index contributed by atoms with van der Waals surface area (Å²) in [5, 5.41) is 0. The standard InChI is InChI=1S/C16H19N3/c1-11-7-5-8-14(12(11)2)19-13(3)18(4)16-15(19)9-6-10-17-16/h5-10,13H,1-4H3/t13-/m0/s1. The van der Waals surface area contributed by atoms with Crippen molar-refractivity contribution >= 4 is 17.2 Å². The molecule has 1 aromatic carbocycles. The molecule has 0 unspecified atom stereocenters. The number of fused-ring (bicyclic) bond motifs is 1. The molecule has 0 amide bonds. The fourth-order valence-electron chi connectivity index (χ4n) is 2.73. The number of pyridine rings is 1. The van der Waals surface area contributed by atoms with E-state index >= 15 is 0 Å². The first-order valence-corrected chi connectivity index (χ1v) is 6.64. The minimum Gasteiger partial charge on any atom is -0.337 e. The van der Waals surface area contributed by atoms with Crippen LogP contribution in [0.15, 0.2) is 36.5 Å². The molecule has 2 aromatic rings. The molecule has 3 nitrogen and oxygen atoms in total. The summed E-state index contributed by atoms with van der Waals surface area (Å²) in [5.74, 6) is 1.05. The summed E-state index contributed by atoms with van der Waals surface area (Å²) in [4.78, 5) is 9.09. The molecule has 0 saturated carbocycles. The fraction of sp³-hybridized carbons (Fsp3) is 0.312. The predicted molar refractivity (Wildman–Crippen MR) is 80.2 cm³/mol. The number of rotatable bonds is 1. The molecule has 0 bridgehead atoms. The van der Waals surface area contributed by atoms with Gasteiger partial charge < -0.3 is 9.80 Å². The lowest BCUT2D eigenvalue weighted by Crippen LogP contribution is -2.36. The molecule has 1 aliphatic rings. The molecule has 0 radical (unpaired) electrons. The SMILES string of the molecule is Cc1cccc(N2c3cccnc3N(C)[C@@H]2C)c1C. The molecule has 0 N–H and O–H groups in total. The molecule has 0 aliphatic carbocycles. The fourth-order valence-corrected chi connectivity index (χ4v) is 2.73. The van der Waals surface area contributed by atoms with E-state index in [1.54, 1.807) is 0 Å². The van der Waals surface area contributed by atoms with Gasteiger partial charge in [-0.2, -0.15) is 0 Å². The Morgan fingerprint density at radius 2 is 1.79 bits per heavy atom. The van der Waals surface area contributed by atoms with Gasteiger partial charge in [-0.15, -0.1) is 0 Å². The van der Waals surface area contributed by atoms with E-state index in [2.05, 4.69) is 66.9 Å². The van der Waals surface area contributed by atoms with E-state index in [0.29, 0.717) is 0 Å². The van der Waals surface area contributed by atoms with E-state index in [9.17, 15) is 0 Å². The van der Waals surface area contributed by atoms with Crippen molar-refractivity contribution in [3.8, 4) is 0 Å². The first kappa shape index (κ1) is 12.0. The highest BCUT2D eigenvalue weighted by atomic mass is 15.4. The summed E-state index contributed by atoms with van der Waals surface area (Å²) in [6.45, 7) is 6.56. The lowest BCUT2D eigenvalue weighted by atomic mass is 10.1. The molecule has 19 heavy (non-hydrogen) atoms. The van der Waals surface area contributed by atoms with Gasteiger partial charge in [-0.3, -0.25) is 0 Å². The highest BCUT2D eigenvalue weighted by Gasteiger charge is 2.32. The Bertz CT molecular complexity index is 621. The number of anilines is 3. The van der Waals surface area contributed by atoms with E-state index in [0.717, 1.165) is 5.82 Å². The van der Waals surface area contributed by atoms with Gasteiger partial charge in [0.1, 0.15) is 6.17 Å². The average molecular weight is 253 g/mol. The molecule has 0 saturated heterocycles. The van der Waals surface area contributed by atoms with Crippen LogP contribution in [0.5, 0.6) is 0 Å². The molecule has 0 spiro atoms. The monoisotopic (exact) mass is 253 g/mol. The molecular weight excluding hydrogens is 234 g/mol. The second-order valence-corrected chi connectivity index (χ2v) is 5.18. The summed E-state index contributed by atoms with van der Waals surface area (Å²) in [5.41, 5.74) is 5.11. The Morgan fingerprint density at radius 3 is 2.58 bits per heavy atom. The van der Waals surface area contributed by atoms with Gasteiger partial charge in [-0.25, -0.2) is 4.98 Å². The van der Waals surface area contributed by atoms with Gasteiger partial charge in [-0.1, -0.05) is 12.1 Å². The van der Waals surface area contributed by atoms with Crippen LogP contribution in [0.1, 0.15) is 18.1 Å². The van der Waals surface area contributed by atoms with Crippen molar-refractivity contribution in [1.29, 1.82) is 0 Å². The summed E-state index contributed by atoms with van der Waals surface area (Å²) < 4.78 is 0. The molecule has 1 aromatic heterocycles. The van der Waals surface area contributed by atoms with Crippen LogP contribution in [-0.2, 0) is 0 Å². The van der Waals surface area contributed by atoms with Crippen molar-refractivity contribution in [2.45, 2.75) is 26.9 Å². The lowest BCUT2D eigenvalue weighted by molar-refractivity contribution is 0.728. The van der Waals surface area contributed by atoms with Crippen LogP contribution < -0.4 is 9.80 Å². The first-order valence-electron chi connectivity index (χ1n) is 6.64. The number of hydrogen-bond acceptors (Lipinski definition) is 3. The second-order valence-electron chi connectivity index (χ2n) is 5.18. The first-order chi connectivity index (χ1) is 9.11. The van der Waals surface area contributed by atoms with Crippen LogP contribution in [0, 0.1) is 13.8 Å². The molecule has 98 valence electrons. The Kier molecular flexibility index (Phi) is 2.70. The molecule has 2 heterocycles.